The van der Waals surface area contributed by atoms with E-state index in [4.69, 9.17) is 4.84 Å². The van der Waals surface area contributed by atoms with Crippen LogP contribution in [-0.4, -0.2) is 29.2 Å². The molecule has 0 aliphatic carbocycles. The van der Waals surface area contributed by atoms with Crippen molar-refractivity contribution >= 4 is 12.0 Å². The van der Waals surface area contributed by atoms with Crippen molar-refractivity contribution in [2.45, 2.75) is 59.3 Å². The van der Waals surface area contributed by atoms with Crippen molar-refractivity contribution in [1.29, 1.82) is 0 Å². The van der Waals surface area contributed by atoms with Crippen LogP contribution in [0.2, 0.25) is 0 Å². The minimum atomic E-state index is -0.190. The van der Waals surface area contributed by atoms with E-state index in [9.17, 15) is 9.90 Å². The van der Waals surface area contributed by atoms with Gasteiger partial charge in [-0.1, -0.05) is 41.5 Å². The smallest absolute Gasteiger partial charge is 0.275 e. The molecule has 1 N–H and O–H groups in total. The first kappa shape index (κ1) is 18.5. The summed E-state index contributed by atoms with van der Waals surface area (Å²) in [6, 6.07) is 3.94. The van der Waals surface area contributed by atoms with Gasteiger partial charge in [0.25, 0.3) is 5.91 Å². The Morgan fingerprint density at radius 3 is 2.00 bits per heavy atom. The van der Waals surface area contributed by atoms with Crippen LogP contribution in [0.15, 0.2) is 17.7 Å². The summed E-state index contributed by atoms with van der Waals surface area (Å²) in [7, 11) is 0. The van der Waals surface area contributed by atoms with Crippen molar-refractivity contribution < 1.29 is 14.7 Å². The average molecular weight is 331 g/mol. The lowest BCUT2D eigenvalue weighted by Crippen LogP contribution is -2.23. The summed E-state index contributed by atoms with van der Waals surface area (Å²) >= 11 is 0. The maximum absolute atomic E-state index is 12.3. The van der Waals surface area contributed by atoms with E-state index < -0.39 is 0 Å². The Labute approximate surface area is 145 Å². The molecular weight excluding hydrogens is 302 g/mol. The maximum atomic E-state index is 12.3. The van der Waals surface area contributed by atoms with E-state index in [0.29, 0.717) is 24.5 Å². The fourth-order valence-electron chi connectivity index (χ4n) is 2.85. The molecule has 1 aromatic rings. The van der Waals surface area contributed by atoms with Gasteiger partial charge in [-0.15, -0.1) is 0 Å². The second-order valence-corrected chi connectivity index (χ2v) is 8.41. The molecule has 1 aromatic carbocycles. The van der Waals surface area contributed by atoms with Crippen molar-refractivity contribution in [2.75, 3.05) is 13.2 Å². The van der Waals surface area contributed by atoms with Gasteiger partial charge in [0.05, 0.1) is 0 Å². The van der Waals surface area contributed by atoms with E-state index in [1.807, 2.05) is 25.1 Å². The van der Waals surface area contributed by atoms with Crippen LogP contribution in [0.5, 0.6) is 5.75 Å². The number of likely N-dealkylation sites (N-methyl/N-ethyl adjacent to an activating group) is 1. The summed E-state index contributed by atoms with van der Waals surface area (Å²) in [6.07, 6.45) is 1.88. The number of carbonyl (C=O) groups excluding carboxylic acids is 1. The number of amides is 1. The van der Waals surface area contributed by atoms with E-state index in [0.717, 1.165) is 16.7 Å². The number of nitrogens with zero attached hydrogens (tertiary/aromatic N) is 1. The van der Waals surface area contributed by atoms with E-state index in [1.165, 1.54) is 5.06 Å². The third kappa shape index (κ3) is 3.64. The molecule has 1 aliphatic heterocycles. The Morgan fingerprint density at radius 2 is 1.62 bits per heavy atom. The number of phenols is 1. The fraction of sp³-hybridized carbons (Fsp3) is 0.550. The molecule has 0 unspecified atom stereocenters. The van der Waals surface area contributed by atoms with Crippen molar-refractivity contribution in [3.8, 4) is 5.75 Å². The van der Waals surface area contributed by atoms with E-state index in [1.54, 1.807) is 0 Å². The maximum Gasteiger partial charge on any atom is 0.275 e. The van der Waals surface area contributed by atoms with Crippen LogP contribution in [0.4, 0.5) is 0 Å². The van der Waals surface area contributed by atoms with Gasteiger partial charge in [0, 0.05) is 23.2 Å². The van der Waals surface area contributed by atoms with Crippen molar-refractivity contribution in [3.63, 3.8) is 0 Å². The zero-order valence-corrected chi connectivity index (χ0v) is 15.9. The van der Waals surface area contributed by atoms with Gasteiger partial charge >= 0.3 is 0 Å². The molecule has 2 rings (SSSR count). The topological polar surface area (TPSA) is 49.8 Å². The zero-order chi connectivity index (χ0) is 18.3. The molecule has 0 radical (unpaired) electrons. The minimum Gasteiger partial charge on any atom is -0.507 e. The first-order valence-electron chi connectivity index (χ1n) is 8.48. The number of hydrogen-bond donors (Lipinski definition) is 1. The Balaban J connectivity index is 2.58. The molecule has 4 nitrogen and oxygen atoms in total. The predicted molar refractivity (Wildman–Crippen MR) is 96.8 cm³/mol. The predicted octanol–water partition coefficient (Wildman–Crippen LogP) is 4.16. The number of aromatic hydroxyl groups is 1. The summed E-state index contributed by atoms with van der Waals surface area (Å²) < 4.78 is 0. The van der Waals surface area contributed by atoms with Gasteiger partial charge in [-0.05, 0) is 41.5 Å². The highest BCUT2D eigenvalue weighted by Crippen LogP contribution is 2.40. The van der Waals surface area contributed by atoms with Gasteiger partial charge in [0.15, 0.2) is 0 Å². The highest BCUT2D eigenvalue weighted by atomic mass is 16.7. The Hall–Kier alpha value is -1.81. The summed E-state index contributed by atoms with van der Waals surface area (Å²) in [5.74, 6) is 0.265. The number of rotatable bonds is 2. The van der Waals surface area contributed by atoms with Crippen LogP contribution in [0.25, 0.3) is 6.08 Å². The largest absolute Gasteiger partial charge is 0.507 e. The zero-order valence-electron chi connectivity index (χ0n) is 15.9. The summed E-state index contributed by atoms with van der Waals surface area (Å²) in [5.41, 5.74) is 2.96. The van der Waals surface area contributed by atoms with Crippen molar-refractivity contribution in [1.82, 2.24) is 5.06 Å². The minimum absolute atomic E-state index is 0.0832. The molecule has 0 saturated carbocycles. The quantitative estimate of drug-likeness (QED) is 0.828. The molecule has 132 valence electrons. The summed E-state index contributed by atoms with van der Waals surface area (Å²) in [6.45, 7) is 15.2. The standard InChI is InChI=1S/C20H29NO3/c1-8-21-18(23)14(12-24-21)9-13-10-15(19(2,3)4)17(22)16(11-13)20(5,6)7/h9-11,22H,8,12H2,1-7H3. The van der Waals surface area contributed by atoms with Crippen LogP contribution in [0, 0.1) is 0 Å². The molecule has 0 bridgehead atoms. The molecule has 0 spiro atoms. The first-order chi connectivity index (χ1) is 10.9. The van der Waals surface area contributed by atoms with Gasteiger partial charge < -0.3 is 5.11 Å². The second-order valence-electron chi connectivity index (χ2n) is 8.41. The monoisotopic (exact) mass is 331 g/mol. The highest BCUT2D eigenvalue weighted by molar-refractivity contribution is 5.99. The van der Waals surface area contributed by atoms with E-state index in [2.05, 4.69) is 41.5 Å². The molecular formula is C20H29NO3. The average Bonchev–Trinajstić information content (AvgIpc) is 2.78. The van der Waals surface area contributed by atoms with Crippen molar-refractivity contribution in [2.24, 2.45) is 0 Å². The molecule has 0 aromatic heterocycles. The van der Waals surface area contributed by atoms with Gasteiger partial charge in [0.2, 0.25) is 0 Å². The van der Waals surface area contributed by atoms with Crippen LogP contribution in [0.1, 0.15) is 65.2 Å². The van der Waals surface area contributed by atoms with Gasteiger partial charge in [-0.3, -0.25) is 9.63 Å². The van der Waals surface area contributed by atoms with Crippen LogP contribution in [0.3, 0.4) is 0 Å². The molecule has 1 fully saturated rings. The Kier molecular flexibility index (Phi) is 4.82. The fourth-order valence-corrected chi connectivity index (χ4v) is 2.85. The molecule has 1 amide bonds. The first-order valence-corrected chi connectivity index (χ1v) is 8.48. The lowest BCUT2D eigenvalue weighted by atomic mass is 9.78. The van der Waals surface area contributed by atoms with Crippen molar-refractivity contribution in [3.05, 3.63) is 34.4 Å². The van der Waals surface area contributed by atoms with Crippen LogP contribution in [-0.2, 0) is 20.5 Å². The number of hydroxylamine groups is 2. The normalized spacial score (nSPS) is 17.9. The summed E-state index contributed by atoms with van der Waals surface area (Å²) in [4.78, 5) is 17.6. The molecule has 4 heteroatoms. The lowest BCUT2D eigenvalue weighted by Gasteiger charge is -2.28. The molecule has 1 heterocycles. The lowest BCUT2D eigenvalue weighted by molar-refractivity contribution is -0.159. The molecule has 1 aliphatic rings. The van der Waals surface area contributed by atoms with E-state index >= 15 is 0 Å². The third-order valence-corrected chi connectivity index (χ3v) is 4.25. The van der Waals surface area contributed by atoms with Gasteiger partial charge in [-0.2, -0.15) is 0 Å². The molecule has 0 atom stereocenters. The number of benzene rings is 1. The third-order valence-electron chi connectivity index (χ3n) is 4.25. The van der Waals surface area contributed by atoms with Gasteiger partial charge in [-0.25, -0.2) is 5.06 Å². The number of hydrogen-bond acceptors (Lipinski definition) is 3. The Bertz CT molecular complexity index is 640. The number of phenolic OH excluding ortho intramolecular Hbond substituents is 1. The SMILES string of the molecule is CCN1OCC(=Cc2cc(C(C)(C)C)c(O)c(C(C)(C)C)c2)C1=O. The molecule has 24 heavy (non-hydrogen) atoms. The van der Waals surface area contributed by atoms with Crippen LogP contribution < -0.4 is 0 Å². The molecule has 1 saturated heterocycles. The summed E-state index contributed by atoms with van der Waals surface area (Å²) in [5, 5.41) is 12.1. The number of carbonyl (C=O) groups is 1. The second kappa shape index (κ2) is 6.25. The highest BCUT2D eigenvalue weighted by Gasteiger charge is 2.28. The van der Waals surface area contributed by atoms with Gasteiger partial charge in [0.1, 0.15) is 12.4 Å². The van der Waals surface area contributed by atoms with Crippen LogP contribution >= 0.6 is 0 Å². The Morgan fingerprint density at radius 1 is 1.12 bits per heavy atom. The van der Waals surface area contributed by atoms with E-state index in [-0.39, 0.29) is 16.7 Å².